The normalized spacial score (nSPS) is 19.8. The minimum Gasteiger partial charge on any atom is -0.357 e. The Morgan fingerprint density at radius 2 is 2.10 bits per heavy atom. The average molecular weight is 311 g/mol. The van der Waals surface area contributed by atoms with Crippen LogP contribution in [0.4, 0.5) is 0 Å². The van der Waals surface area contributed by atoms with Crippen molar-refractivity contribution in [1.29, 1.82) is 0 Å². The topological polar surface area (TPSA) is 24.4 Å². The lowest BCUT2D eigenvalue weighted by Crippen LogP contribution is -2.37. The molecule has 1 aromatic rings. The molecular weight excluding hydrogens is 284 g/mol. The van der Waals surface area contributed by atoms with Gasteiger partial charge in [-0.25, -0.2) is 0 Å². The predicted molar refractivity (Wildman–Crippen MR) is 92.8 cm³/mol. The minimum atomic E-state index is 0.386. The zero-order valence-electron chi connectivity index (χ0n) is 13.0. The summed E-state index contributed by atoms with van der Waals surface area (Å²) in [7, 11) is 0. The number of thioether (sulfide) groups is 1. The van der Waals surface area contributed by atoms with Crippen LogP contribution in [0, 0.1) is 11.3 Å². The van der Waals surface area contributed by atoms with Gasteiger partial charge < -0.3 is 5.32 Å². The van der Waals surface area contributed by atoms with Crippen LogP contribution >= 0.6 is 23.1 Å². The van der Waals surface area contributed by atoms with Gasteiger partial charge in [-0.15, -0.1) is 11.3 Å². The molecule has 0 radical (unpaired) electrons. The second-order valence-corrected chi connectivity index (χ2v) is 7.94. The van der Waals surface area contributed by atoms with Crippen LogP contribution in [0.2, 0.25) is 0 Å². The van der Waals surface area contributed by atoms with Gasteiger partial charge in [-0.3, -0.25) is 4.99 Å². The maximum Gasteiger partial charge on any atom is 0.157 e. The summed E-state index contributed by atoms with van der Waals surface area (Å²) in [4.78, 5) is 6.24. The van der Waals surface area contributed by atoms with E-state index in [2.05, 4.69) is 50.5 Å². The molecule has 112 valence electrons. The molecule has 1 atom stereocenters. The van der Waals surface area contributed by atoms with Gasteiger partial charge in [-0.05, 0) is 35.6 Å². The van der Waals surface area contributed by atoms with Crippen molar-refractivity contribution >= 4 is 28.3 Å². The van der Waals surface area contributed by atoms with E-state index in [1.165, 1.54) is 23.5 Å². The first-order chi connectivity index (χ1) is 9.60. The van der Waals surface area contributed by atoms with Gasteiger partial charge in [0, 0.05) is 17.2 Å². The summed E-state index contributed by atoms with van der Waals surface area (Å²) in [5.74, 6) is 1.77. The molecule has 1 N–H and O–H groups in total. The van der Waals surface area contributed by atoms with Crippen molar-refractivity contribution in [2.45, 2.75) is 46.6 Å². The predicted octanol–water partition coefficient (Wildman–Crippen LogP) is 4.94. The number of aliphatic imine (C=N–C) groups is 1. The molecule has 2 rings (SSSR count). The van der Waals surface area contributed by atoms with E-state index in [0.29, 0.717) is 17.4 Å². The summed E-state index contributed by atoms with van der Waals surface area (Å²) >= 11 is 3.74. The standard InChI is InChI=1S/C16H26N2S2/c1-5-16(6-2)10-17-15(20-11-16)18-14(12(3)4)13-8-7-9-19-13/h7-9,12,14H,5-6,10-11H2,1-4H3,(H,17,18). The molecule has 1 aliphatic rings. The quantitative estimate of drug-likeness (QED) is 0.832. The molecule has 1 aromatic heterocycles. The van der Waals surface area contributed by atoms with E-state index in [0.717, 1.165) is 11.7 Å². The largest absolute Gasteiger partial charge is 0.357 e. The lowest BCUT2D eigenvalue weighted by atomic mass is 9.84. The highest BCUT2D eigenvalue weighted by atomic mass is 32.2. The molecule has 0 spiro atoms. The van der Waals surface area contributed by atoms with Gasteiger partial charge in [0.15, 0.2) is 5.17 Å². The van der Waals surface area contributed by atoms with E-state index >= 15 is 0 Å². The van der Waals surface area contributed by atoms with Crippen molar-refractivity contribution in [3.8, 4) is 0 Å². The van der Waals surface area contributed by atoms with Crippen LogP contribution in [0.25, 0.3) is 0 Å². The first-order valence-corrected chi connectivity index (χ1v) is 9.44. The summed E-state index contributed by atoms with van der Waals surface area (Å²) in [5, 5.41) is 6.96. The first kappa shape index (κ1) is 15.9. The van der Waals surface area contributed by atoms with Crippen LogP contribution in [0.1, 0.15) is 51.5 Å². The number of amidine groups is 1. The molecule has 1 aliphatic heterocycles. The van der Waals surface area contributed by atoms with Crippen molar-refractivity contribution in [1.82, 2.24) is 5.32 Å². The summed E-state index contributed by atoms with van der Waals surface area (Å²) in [6.07, 6.45) is 2.46. The zero-order chi connectivity index (χ0) is 14.6. The third kappa shape index (κ3) is 3.59. The molecule has 0 saturated carbocycles. The Morgan fingerprint density at radius 1 is 1.35 bits per heavy atom. The molecule has 0 amide bonds. The third-order valence-corrected chi connectivity index (χ3v) is 6.60. The number of hydrogen-bond acceptors (Lipinski definition) is 4. The minimum absolute atomic E-state index is 0.386. The van der Waals surface area contributed by atoms with E-state index in [1.54, 1.807) is 0 Å². The third-order valence-electron chi connectivity index (χ3n) is 4.37. The van der Waals surface area contributed by atoms with Crippen molar-refractivity contribution in [3.05, 3.63) is 22.4 Å². The summed E-state index contributed by atoms with van der Waals surface area (Å²) in [6, 6.07) is 4.74. The Kier molecular flexibility index (Phi) is 5.56. The average Bonchev–Trinajstić information content (AvgIpc) is 2.99. The molecular formula is C16H26N2S2. The maximum atomic E-state index is 4.83. The lowest BCUT2D eigenvalue weighted by Gasteiger charge is -2.34. The van der Waals surface area contributed by atoms with E-state index in [-0.39, 0.29) is 0 Å². The molecule has 20 heavy (non-hydrogen) atoms. The number of nitrogens with one attached hydrogen (secondary N) is 1. The monoisotopic (exact) mass is 310 g/mol. The Morgan fingerprint density at radius 3 is 2.55 bits per heavy atom. The van der Waals surface area contributed by atoms with Crippen LogP contribution in [-0.4, -0.2) is 17.5 Å². The van der Waals surface area contributed by atoms with Gasteiger partial charge in [-0.2, -0.15) is 0 Å². The fraction of sp³-hybridized carbons (Fsp3) is 0.688. The van der Waals surface area contributed by atoms with E-state index in [4.69, 9.17) is 4.99 Å². The Hall–Kier alpha value is -0.480. The molecule has 2 nitrogen and oxygen atoms in total. The Labute approximate surface area is 131 Å². The van der Waals surface area contributed by atoms with Gasteiger partial charge in [0.1, 0.15) is 0 Å². The number of rotatable bonds is 5. The second kappa shape index (κ2) is 6.99. The highest BCUT2D eigenvalue weighted by molar-refractivity contribution is 8.13. The SMILES string of the molecule is CCC1(CC)CN=C(NC(c2cccs2)C(C)C)SC1. The highest BCUT2D eigenvalue weighted by Gasteiger charge is 2.31. The summed E-state index contributed by atoms with van der Waals surface area (Å²) in [5.41, 5.74) is 0.423. The smallest absolute Gasteiger partial charge is 0.157 e. The highest BCUT2D eigenvalue weighted by Crippen LogP contribution is 2.36. The fourth-order valence-corrected chi connectivity index (χ4v) is 4.74. The van der Waals surface area contributed by atoms with Crippen LogP contribution in [0.15, 0.2) is 22.5 Å². The first-order valence-electron chi connectivity index (χ1n) is 7.57. The van der Waals surface area contributed by atoms with Crippen molar-refractivity contribution < 1.29 is 0 Å². The summed E-state index contributed by atoms with van der Waals surface area (Å²) < 4.78 is 0. The van der Waals surface area contributed by atoms with E-state index in [9.17, 15) is 0 Å². The van der Waals surface area contributed by atoms with Crippen LogP contribution in [-0.2, 0) is 0 Å². The van der Waals surface area contributed by atoms with Crippen molar-refractivity contribution in [2.24, 2.45) is 16.3 Å². The fourth-order valence-electron chi connectivity index (χ4n) is 2.48. The summed E-state index contributed by atoms with van der Waals surface area (Å²) in [6.45, 7) is 10.1. The molecule has 0 bridgehead atoms. The van der Waals surface area contributed by atoms with Crippen LogP contribution in [0.3, 0.4) is 0 Å². The molecule has 0 saturated heterocycles. The molecule has 1 unspecified atom stereocenters. The van der Waals surface area contributed by atoms with Gasteiger partial charge in [0.05, 0.1) is 6.04 Å². The molecule has 0 aliphatic carbocycles. The Bertz CT molecular complexity index is 433. The van der Waals surface area contributed by atoms with Gasteiger partial charge in [-0.1, -0.05) is 45.5 Å². The zero-order valence-corrected chi connectivity index (χ0v) is 14.6. The van der Waals surface area contributed by atoms with E-state index in [1.807, 2.05) is 23.1 Å². The molecule has 0 aromatic carbocycles. The van der Waals surface area contributed by atoms with Crippen molar-refractivity contribution in [3.63, 3.8) is 0 Å². The van der Waals surface area contributed by atoms with Gasteiger partial charge in [0.2, 0.25) is 0 Å². The molecule has 0 fully saturated rings. The number of nitrogens with zero attached hydrogens (tertiary/aromatic N) is 1. The van der Waals surface area contributed by atoms with Gasteiger partial charge in [0.25, 0.3) is 0 Å². The van der Waals surface area contributed by atoms with Crippen LogP contribution in [0.5, 0.6) is 0 Å². The molecule has 4 heteroatoms. The number of thiophene rings is 1. The van der Waals surface area contributed by atoms with Crippen LogP contribution < -0.4 is 5.32 Å². The number of hydrogen-bond donors (Lipinski definition) is 1. The lowest BCUT2D eigenvalue weighted by molar-refractivity contribution is 0.317. The second-order valence-electron chi connectivity index (χ2n) is 6.00. The maximum absolute atomic E-state index is 4.83. The van der Waals surface area contributed by atoms with Crippen molar-refractivity contribution in [2.75, 3.05) is 12.3 Å². The van der Waals surface area contributed by atoms with E-state index < -0.39 is 0 Å². The van der Waals surface area contributed by atoms with Gasteiger partial charge >= 0.3 is 0 Å². The Balaban J connectivity index is 2.04. The molecule has 2 heterocycles.